The molecule has 5 heteroatoms. The maximum atomic E-state index is 10.6. The smallest absolute Gasteiger partial charge is 0.449 e. The fourth-order valence-electron chi connectivity index (χ4n) is 2.50. The topological polar surface area (TPSA) is 68.7 Å². The van der Waals surface area contributed by atoms with Gasteiger partial charge in [-0.25, -0.2) is 9.78 Å². The zero-order chi connectivity index (χ0) is 11.9. The molecule has 90 valence electrons. The summed E-state index contributed by atoms with van der Waals surface area (Å²) < 4.78 is 10.1. The average molecular weight is 235 g/mol. The normalized spacial score (nSPS) is 21.6. The Hall–Kier alpha value is -1.62. The molecule has 2 aliphatic rings. The predicted molar refractivity (Wildman–Crippen MR) is 58.1 cm³/mol. The van der Waals surface area contributed by atoms with Crippen molar-refractivity contribution in [2.24, 2.45) is 5.92 Å². The third-order valence-electron chi connectivity index (χ3n) is 3.57. The van der Waals surface area contributed by atoms with Crippen LogP contribution in [0.2, 0.25) is 0 Å². The molecule has 0 radical (unpaired) electrons. The molecule has 2 fully saturated rings. The molecule has 17 heavy (non-hydrogen) atoms. The molecule has 0 amide bonds. The summed E-state index contributed by atoms with van der Waals surface area (Å²) in [5.74, 6) is 0.784. The summed E-state index contributed by atoms with van der Waals surface area (Å²) in [5, 5.41) is 8.71. The molecule has 1 N–H and O–H groups in total. The van der Waals surface area contributed by atoms with Crippen LogP contribution in [-0.2, 0) is 10.2 Å². The molecular weight excluding hydrogens is 222 g/mol. The molecule has 1 aromatic heterocycles. The first-order valence-corrected chi connectivity index (χ1v) is 5.66. The van der Waals surface area contributed by atoms with E-state index in [2.05, 4.69) is 4.98 Å². The second-order valence-corrected chi connectivity index (χ2v) is 4.65. The Labute approximate surface area is 98.4 Å². The van der Waals surface area contributed by atoms with Crippen molar-refractivity contribution in [3.8, 4) is 5.88 Å². The van der Waals surface area contributed by atoms with E-state index in [0.29, 0.717) is 19.1 Å². The number of carbonyl (C=O) groups is 1. The van der Waals surface area contributed by atoms with Gasteiger partial charge in [-0.2, -0.15) is 0 Å². The van der Waals surface area contributed by atoms with Crippen molar-refractivity contribution in [3.63, 3.8) is 0 Å². The number of ether oxygens (including phenoxy) is 2. The molecule has 1 aliphatic carbocycles. The minimum absolute atomic E-state index is 0.0704. The van der Waals surface area contributed by atoms with Gasteiger partial charge in [0, 0.05) is 11.8 Å². The van der Waals surface area contributed by atoms with Crippen LogP contribution in [0.25, 0.3) is 0 Å². The first-order chi connectivity index (χ1) is 8.22. The van der Waals surface area contributed by atoms with Crippen LogP contribution >= 0.6 is 0 Å². The highest BCUT2D eigenvalue weighted by molar-refractivity contribution is 5.61. The molecule has 1 saturated carbocycles. The van der Waals surface area contributed by atoms with Crippen molar-refractivity contribution in [3.05, 3.63) is 23.9 Å². The van der Waals surface area contributed by atoms with Crippen LogP contribution in [0.1, 0.15) is 18.4 Å². The van der Waals surface area contributed by atoms with E-state index < -0.39 is 6.16 Å². The van der Waals surface area contributed by atoms with E-state index in [4.69, 9.17) is 14.6 Å². The molecular formula is C12H13NO4. The number of nitrogens with zero attached hydrogens (tertiary/aromatic N) is 1. The Bertz CT molecular complexity index is 452. The molecule has 1 aromatic rings. The highest BCUT2D eigenvalue weighted by atomic mass is 16.7. The summed E-state index contributed by atoms with van der Waals surface area (Å²) in [6.07, 6.45) is 2.56. The van der Waals surface area contributed by atoms with Gasteiger partial charge in [0.05, 0.1) is 18.6 Å². The van der Waals surface area contributed by atoms with E-state index >= 15 is 0 Å². The molecule has 5 nitrogen and oxygen atoms in total. The lowest BCUT2D eigenvalue weighted by Gasteiger charge is -2.42. The molecule has 0 aromatic carbocycles. The second-order valence-electron chi connectivity index (χ2n) is 4.65. The highest BCUT2D eigenvalue weighted by Crippen LogP contribution is 2.53. The first-order valence-electron chi connectivity index (χ1n) is 5.66. The minimum Gasteiger partial charge on any atom is -0.449 e. The second kappa shape index (κ2) is 3.70. The summed E-state index contributed by atoms with van der Waals surface area (Å²) >= 11 is 0. The predicted octanol–water partition coefficient (Wildman–Crippen LogP) is 1.82. The lowest BCUT2D eigenvalue weighted by molar-refractivity contribution is -0.0732. The van der Waals surface area contributed by atoms with Gasteiger partial charge in [0.25, 0.3) is 0 Å². The van der Waals surface area contributed by atoms with Crippen LogP contribution < -0.4 is 4.74 Å². The van der Waals surface area contributed by atoms with Crippen molar-refractivity contribution >= 4 is 6.16 Å². The molecule has 0 bridgehead atoms. The Morgan fingerprint density at radius 1 is 1.53 bits per heavy atom. The van der Waals surface area contributed by atoms with Crippen LogP contribution in [0.5, 0.6) is 5.88 Å². The number of hydrogen-bond donors (Lipinski definition) is 1. The fraction of sp³-hybridized carbons (Fsp3) is 0.500. The monoisotopic (exact) mass is 235 g/mol. The standard InChI is InChI=1S/C12H13NO4/c14-11(15)17-10-9(2-1-5-13-10)12(6-16-7-12)8-3-4-8/h1-2,5,8H,3-4,6-7H2,(H,14,15). The number of aromatic nitrogens is 1. The Morgan fingerprint density at radius 2 is 2.29 bits per heavy atom. The highest BCUT2D eigenvalue weighted by Gasteiger charge is 2.53. The van der Waals surface area contributed by atoms with E-state index in [0.717, 1.165) is 5.56 Å². The number of carboxylic acid groups (broad SMARTS) is 1. The first kappa shape index (κ1) is 10.5. The van der Waals surface area contributed by atoms with Crippen LogP contribution in [0, 0.1) is 5.92 Å². The maximum absolute atomic E-state index is 10.6. The average Bonchev–Trinajstić information content (AvgIpc) is 3.02. The van der Waals surface area contributed by atoms with Gasteiger partial charge in [-0.3, -0.25) is 0 Å². The number of hydrogen-bond acceptors (Lipinski definition) is 4. The van der Waals surface area contributed by atoms with E-state index in [1.54, 1.807) is 6.20 Å². The fourth-order valence-corrected chi connectivity index (χ4v) is 2.50. The van der Waals surface area contributed by atoms with Gasteiger partial charge >= 0.3 is 6.16 Å². The maximum Gasteiger partial charge on any atom is 0.512 e. The molecule has 3 rings (SSSR count). The van der Waals surface area contributed by atoms with Crippen molar-refractivity contribution in [1.29, 1.82) is 0 Å². The van der Waals surface area contributed by atoms with Gasteiger partial charge in [0.15, 0.2) is 0 Å². The van der Waals surface area contributed by atoms with Gasteiger partial charge in [-0.05, 0) is 24.8 Å². The molecule has 1 saturated heterocycles. The van der Waals surface area contributed by atoms with Gasteiger partial charge in [-0.15, -0.1) is 0 Å². The van der Waals surface area contributed by atoms with Gasteiger partial charge < -0.3 is 14.6 Å². The summed E-state index contributed by atoms with van der Waals surface area (Å²) in [6, 6.07) is 3.71. The SMILES string of the molecule is O=C(O)Oc1ncccc1C1(C2CC2)COC1. The third-order valence-corrected chi connectivity index (χ3v) is 3.57. The Morgan fingerprint density at radius 3 is 2.82 bits per heavy atom. The van der Waals surface area contributed by atoms with E-state index in [-0.39, 0.29) is 11.3 Å². The summed E-state index contributed by atoms with van der Waals surface area (Å²) in [7, 11) is 0. The van der Waals surface area contributed by atoms with Crippen molar-refractivity contribution in [1.82, 2.24) is 4.98 Å². The van der Waals surface area contributed by atoms with Crippen LogP contribution in [-0.4, -0.2) is 29.5 Å². The lowest BCUT2D eigenvalue weighted by atomic mass is 9.74. The zero-order valence-corrected chi connectivity index (χ0v) is 9.26. The molecule has 2 heterocycles. The van der Waals surface area contributed by atoms with Crippen LogP contribution in [0.4, 0.5) is 4.79 Å². The Balaban J connectivity index is 1.98. The largest absolute Gasteiger partial charge is 0.512 e. The number of rotatable bonds is 3. The minimum atomic E-state index is -1.32. The molecule has 1 aliphatic heterocycles. The number of pyridine rings is 1. The van der Waals surface area contributed by atoms with E-state index in [9.17, 15) is 4.79 Å². The molecule has 0 spiro atoms. The van der Waals surface area contributed by atoms with Crippen molar-refractivity contribution in [2.45, 2.75) is 18.3 Å². The zero-order valence-electron chi connectivity index (χ0n) is 9.26. The summed E-state index contributed by atoms with van der Waals surface area (Å²) in [5.41, 5.74) is 0.801. The van der Waals surface area contributed by atoms with Crippen LogP contribution in [0.3, 0.4) is 0 Å². The lowest BCUT2D eigenvalue weighted by Crippen LogP contribution is -2.49. The Kier molecular flexibility index (Phi) is 2.29. The van der Waals surface area contributed by atoms with Crippen molar-refractivity contribution < 1.29 is 19.4 Å². The van der Waals surface area contributed by atoms with Gasteiger partial charge in [0.2, 0.25) is 5.88 Å². The van der Waals surface area contributed by atoms with Gasteiger partial charge in [-0.1, -0.05) is 6.07 Å². The van der Waals surface area contributed by atoms with Crippen molar-refractivity contribution in [2.75, 3.05) is 13.2 Å². The quantitative estimate of drug-likeness (QED) is 0.809. The summed E-state index contributed by atoms with van der Waals surface area (Å²) in [4.78, 5) is 14.7. The third kappa shape index (κ3) is 1.67. The molecule has 0 atom stereocenters. The van der Waals surface area contributed by atoms with E-state index in [1.165, 1.54) is 12.8 Å². The molecule has 0 unspecified atom stereocenters. The van der Waals surface area contributed by atoms with E-state index in [1.807, 2.05) is 12.1 Å². The van der Waals surface area contributed by atoms with Gasteiger partial charge in [0.1, 0.15) is 0 Å². The van der Waals surface area contributed by atoms with Crippen LogP contribution in [0.15, 0.2) is 18.3 Å². The summed E-state index contributed by atoms with van der Waals surface area (Å²) in [6.45, 7) is 1.28.